The molecule has 1 heterocycles. The van der Waals surface area contributed by atoms with Crippen molar-refractivity contribution in [3.05, 3.63) is 40.1 Å². The maximum atomic E-state index is 11.5. The fourth-order valence-electron chi connectivity index (χ4n) is 2.24. The Labute approximate surface area is 126 Å². The number of hydrogen-bond acceptors (Lipinski definition) is 2. The average molecular weight is 376 g/mol. The van der Waals surface area contributed by atoms with Gasteiger partial charge in [-0.05, 0) is 47.2 Å². The maximum Gasteiger partial charge on any atom is 0.553 e. The first-order valence-electron chi connectivity index (χ1n) is 5.64. The molecule has 0 amide bonds. The molecule has 2 aromatic rings. The highest BCUT2D eigenvalue weighted by Crippen LogP contribution is 2.28. The number of hydrogen-bond donors (Lipinski definition) is 2. The highest BCUT2D eigenvalue weighted by Gasteiger charge is 2.42. The summed E-state index contributed by atoms with van der Waals surface area (Å²) < 4.78 is 25.6. The standard InChI is InChI=1S/C12H10BrNO4P2/c1-7-11(19(15)16)12(20(17)18)8(2)14(7)10-5-3-9(13)4-6-10/h3-6H,1-2H3/p+2. The number of nitrogens with zero attached hydrogens (tertiary/aromatic N) is 1. The van der Waals surface area contributed by atoms with Crippen molar-refractivity contribution in [1.29, 1.82) is 0 Å². The second-order valence-electron chi connectivity index (χ2n) is 4.23. The molecule has 1 aromatic carbocycles. The second-order valence-corrected chi connectivity index (χ2v) is 7.13. The molecule has 0 saturated heterocycles. The van der Waals surface area contributed by atoms with Crippen LogP contribution in [0.3, 0.4) is 0 Å². The Balaban J connectivity index is 2.78. The Bertz CT molecular complexity index is 672. The van der Waals surface area contributed by atoms with Crippen LogP contribution in [0.2, 0.25) is 0 Å². The van der Waals surface area contributed by atoms with Crippen LogP contribution in [0.15, 0.2) is 28.7 Å². The van der Waals surface area contributed by atoms with Crippen LogP contribution >= 0.6 is 32.0 Å². The third-order valence-corrected chi connectivity index (χ3v) is 5.61. The molecule has 0 fully saturated rings. The van der Waals surface area contributed by atoms with Gasteiger partial charge >= 0.3 is 26.7 Å². The quantitative estimate of drug-likeness (QED) is 0.808. The minimum absolute atomic E-state index is 0.0454. The van der Waals surface area contributed by atoms with Crippen molar-refractivity contribution in [3.63, 3.8) is 0 Å². The molecule has 20 heavy (non-hydrogen) atoms. The minimum atomic E-state index is -2.69. The lowest BCUT2D eigenvalue weighted by Crippen LogP contribution is -2.16. The smallest absolute Gasteiger partial charge is 0.309 e. The molecular weight excluding hydrogens is 364 g/mol. The van der Waals surface area contributed by atoms with E-state index in [0.717, 1.165) is 10.2 Å². The summed E-state index contributed by atoms with van der Waals surface area (Å²) in [6.07, 6.45) is 0. The van der Waals surface area contributed by atoms with Gasteiger partial charge in [0.1, 0.15) is 0 Å². The fourth-order valence-corrected chi connectivity index (χ4v) is 4.46. The lowest BCUT2D eigenvalue weighted by Gasteiger charge is -2.07. The van der Waals surface area contributed by atoms with E-state index in [4.69, 9.17) is 0 Å². The van der Waals surface area contributed by atoms with Crippen molar-refractivity contribution >= 4 is 42.6 Å². The first-order valence-corrected chi connectivity index (χ1v) is 8.86. The van der Waals surface area contributed by atoms with E-state index in [1.807, 2.05) is 24.3 Å². The maximum absolute atomic E-state index is 11.5. The average Bonchev–Trinajstić information content (AvgIpc) is 2.62. The van der Waals surface area contributed by atoms with E-state index < -0.39 is 16.1 Å². The molecule has 0 bridgehead atoms. The largest absolute Gasteiger partial charge is 0.553 e. The van der Waals surface area contributed by atoms with Gasteiger partial charge in [-0.1, -0.05) is 15.9 Å². The van der Waals surface area contributed by atoms with Gasteiger partial charge in [0.15, 0.2) is 0 Å². The zero-order valence-electron chi connectivity index (χ0n) is 10.7. The minimum Gasteiger partial charge on any atom is -0.309 e. The van der Waals surface area contributed by atoms with Gasteiger partial charge in [-0.2, -0.15) is 9.79 Å². The normalized spacial score (nSPS) is 12.4. The zero-order valence-corrected chi connectivity index (χ0v) is 14.1. The Morgan fingerprint density at radius 1 is 0.950 bits per heavy atom. The Morgan fingerprint density at radius 3 is 1.70 bits per heavy atom. The van der Waals surface area contributed by atoms with Gasteiger partial charge < -0.3 is 4.57 Å². The molecule has 2 N–H and O–H groups in total. The molecule has 5 nitrogen and oxygen atoms in total. The highest BCUT2D eigenvalue weighted by molar-refractivity contribution is 9.10. The fraction of sp³-hybridized carbons (Fsp3) is 0.167. The highest BCUT2D eigenvalue weighted by atomic mass is 79.9. The Kier molecular flexibility index (Phi) is 4.52. The molecule has 2 unspecified atom stereocenters. The van der Waals surface area contributed by atoms with Gasteiger partial charge in [-0.3, -0.25) is 0 Å². The molecule has 0 aliphatic rings. The van der Waals surface area contributed by atoms with Crippen LogP contribution in [0.4, 0.5) is 0 Å². The molecule has 0 radical (unpaired) electrons. The predicted octanol–water partition coefficient (Wildman–Crippen LogP) is 2.58. The number of benzene rings is 1. The molecule has 1 aromatic heterocycles. The Morgan fingerprint density at radius 2 is 1.35 bits per heavy atom. The van der Waals surface area contributed by atoms with Gasteiger partial charge in [-0.25, -0.2) is 0 Å². The van der Waals surface area contributed by atoms with E-state index in [0.29, 0.717) is 11.4 Å². The summed E-state index contributed by atoms with van der Waals surface area (Å²) in [5, 5.41) is 0.0908. The van der Waals surface area contributed by atoms with E-state index in [9.17, 15) is 18.9 Å². The van der Waals surface area contributed by atoms with Gasteiger partial charge in [0.25, 0.3) is 0 Å². The SMILES string of the molecule is Cc1c([P+](=O)O)c([P+](=O)O)c(C)n1-c1ccc(Br)cc1. The van der Waals surface area contributed by atoms with E-state index >= 15 is 0 Å². The van der Waals surface area contributed by atoms with Crippen LogP contribution in [-0.2, 0) is 9.13 Å². The van der Waals surface area contributed by atoms with Gasteiger partial charge in [-0.15, -0.1) is 0 Å². The topological polar surface area (TPSA) is 79.5 Å². The summed E-state index contributed by atoms with van der Waals surface area (Å²) in [6, 6.07) is 7.33. The lowest BCUT2D eigenvalue weighted by molar-refractivity contribution is 0.509. The van der Waals surface area contributed by atoms with Crippen LogP contribution in [0.5, 0.6) is 0 Å². The molecule has 0 saturated carbocycles. The monoisotopic (exact) mass is 375 g/mol. The van der Waals surface area contributed by atoms with Crippen molar-refractivity contribution in [3.8, 4) is 5.69 Å². The molecule has 0 aliphatic carbocycles. The van der Waals surface area contributed by atoms with E-state index in [1.54, 1.807) is 18.4 Å². The molecule has 2 atom stereocenters. The molecule has 0 aliphatic heterocycles. The van der Waals surface area contributed by atoms with Crippen LogP contribution in [0.1, 0.15) is 11.4 Å². The van der Waals surface area contributed by atoms with E-state index in [1.165, 1.54) is 0 Å². The molecule has 8 heteroatoms. The van der Waals surface area contributed by atoms with Crippen molar-refractivity contribution in [1.82, 2.24) is 4.57 Å². The van der Waals surface area contributed by atoms with Crippen LogP contribution in [0, 0.1) is 13.8 Å². The summed E-state index contributed by atoms with van der Waals surface area (Å²) >= 11 is 3.34. The molecule has 104 valence electrons. The second kappa shape index (κ2) is 5.84. The van der Waals surface area contributed by atoms with E-state index in [-0.39, 0.29) is 10.6 Å². The number of aromatic nitrogens is 1. The first kappa shape index (κ1) is 15.5. The van der Waals surface area contributed by atoms with Crippen LogP contribution < -0.4 is 10.6 Å². The summed E-state index contributed by atoms with van der Waals surface area (Å²) in [5.41, 5.74) is 1.77. The summed E-state index contributed by atoms with van der Waals surface area (Å²) in [6.45, 7) is 3.33. The van der Waals surface area contributed by atoms with Crippen molar-refractivity contribution in [2.45, 2.75) is 13.8 Å². The summed E-state index contributed by atoms with van der Waals surface area (Å²) in [5.74, 6) is 0. The summed E-state index contributed by atoms with van der Waals surface area (Å²) in [7, 11) is -5.37. The predicted molar refractivity (Wildman–Crippen MR) is 81.9 cm³/mol. The lowest BCUT2D eigenvalue weighted by atomic mass is 10.3. The van der Waals surface area contributed by atoms with Crippen LogP contribution in [0.25, 0.3) is 5.69 Å². The third-order valence-electron chi connectivity index (χ3n) is 3.05. The Hall–Kier alpha value is -0.900. The van der Waals surface area contributed by atoms with Crippen molar-refractivity contribution in [2.24, 2.45) is 0 Å². The molecule has 0 spiro atoms. The van der Waals surface area contributed by atoms with Crippen LogP contribution in [-0.4, -0.2) is 14.4 Å². The molecule has 2 rings (SSSR count). The van der Waals surface area contributed by atoms with Crippen molar-refractivity contribution in [2.75, 3.05) is 0 Å². The zero-order chi connectivity index (χ0) is 15.0. The number of halogens is 1. The van der Waals surface area contributed by atoms with Gasteiger partial charge in [0.2, 0.25) is 0 Å². The molecular formula is C12H12BrNO4P2+2. The summed E-state index contributed by atoms with van der Waals surface area (Å²) in [4.78, 5) is 18.8. The van der Waals surface area contributed by atoms with Gasteiger partial charge in [0.05, 0.1) is 11.4 Å². The number of rotatable bonds is 3. The third kappa shape index (κ3) is 2.62. The van der Waals surface area contributed by atoms with E-state index in [2.05, 4.69) is 15.9 Å². The van der Waals surface area contributed by atoms with Crippen molar-refractivity contribution < 1.29 is 18.9 Å². The van der Waals surface area contributed by atoms with Gasteiger partial charge in [0, 0.05) is 10.2 Å². The first-order chi connectivity index (χ1) is 9.34.